The Hall–Kier alpha value is -0.650. The van der Waals surface area contributed by atoms with Crippen LogP contribution in [-0.2, 0) is 9.53 Å². The van der Waals surface area contributed by atoms with E-state index in [-0.39, 0.29) is 18.1 Å². The minimum atomic E-state index is -0.136. The van der Waals surface area contributed by atoms with Gasteiger partial charge in [0.1, 0.15) is 6.61 Å². The molecule has 0 aromatic heterocycles. The average molecular weight is 255 g/mol. The molecule has 2 heterocycles. The number of hydrogen-bond donors (Lipinski definition) is 2. The van der Waals surface area contributed by atoms with Crippen molar-refractivity contribution in [3.8, 4) is 0 Å². The predicted octanol–water partition coefficient (Wildman–Crippen LogP) is -0.0346. The van der Waals surface area contributed by atoms with Crippen LogP contribution in [0.25, 0.3) is 0 Å². The molecule has 5 nitrogen and oxygen atoms in total. The lowest BCUT2D eigenvalue weighted by Crippen LogP contribution is -2.60. The van der Waals surface area contributed by atoms with Gasteiger partial charge in [-0.05, 0) is 26.3 Å². The highest BCUT2D eigenvalue weighted by Gasteiger charge is 2.33. The molecule has 0 aromatic carbocycles. The molecule has 0 unspecified atom stereocenters. The van der Waals surface area contributed by atoms with E-state index in [1.54, 1.807) is 0 Å². The Balaban J connectivity index is 1.62. The molecule has 18 heavy (non-hydrogen) atoms. The molecule has 0 atom stereocenters. The summed E-state index contributed by atoms with van der Waals surface area (Å²) in [4.78, 5) is 14.2. The summed E-state index contributed by atoms with van der Waals surface area (Å²) in [7, 11) is 0. The number of ether oxygens (including phenoxy) is 1. The third-order valence-corrected chi connectivity index (χ3v) is 3.95. The van der Waals surface area contributed by atoms with Gasteiger partial charge < -0.3 is 20.3 Å². The summed E-state index contributed by atoms with van der Waals surface area (Å²) in [5.41, 5.74) is -0.136. The highest BCUT2D eigenvalue weighted by Crippen LogP contribution is 2.15. The molecule has 104 valence electrons. The normalized spacial score (nSPS) is 24.6. The number of amides is 1. The molecule has 1 amide bonds. The van der Waals surface area contributed by atoms with E-state index in [9.17, 15) is 4.79 Å². The minimum absolute atomic E-state index is 0.0260. The van der Waals surface area contributed by atoms with Crippen LogP contribution in [0.4, 0.5) is 0 Å². The molecule has 0 saturated carbocycles. The first-order valence-corrected chi connectivity index (χ1v) is 6.98. The number of nitrogens with zero attached hydrogens (tertiary/aromatic N) is 1. The molecule has 0 bridgehead atoms. The first kappa shape index (κ1) is 13.8. The second kappa shape index (κ2) is 5.99. The highest BCUT2D eigenvalue weighted by molar-refractivity contribution is 5.77. The second-order valence-electron chi connectivity index (χ2n) is 5.62. The first-order valence-electron chi connectivity index (χ1n) is 6.98. The van der Waals surface area contributed by atoms with Gasteiger partial charge in [-0.3, -0.25) is 4.79 Å². The lowest BCUT2D eigenvalue weighted by molar-refractivity contribution is -0.136. The van der Waals surface area contributed by atoms with Crippen LogP contribution in [0.15, 0.2) is 0 Å². The van der Waals surface area contributed by atoms with Gasteiger partial charge in [-0.25, -0.2) is 0 Å². The Morgan fingerprint density at radius 1 is 1.44 bits per heavy atom. The van der Waals surface area contributed by atoms with Gasteiger partial charge in [-0.1, -0.05) is 6.92 Å². The number of piperidine rings is 1. The van der Waals surface area contributed by atoms with Crippen LogP contribution in [-0.4, -0.2) is 61.8 Å². The van der Waals surface area contributed by atoms with Crippen LogP contribution in [0.3, 0.4) is 0 Å². The zero-order chi connectivity index (χ0) is 13.0. The van der Waals surface area contributed by atoms with E-state index >= 15 is 0 Å². The fourth-order valence-electron chi connectivity index (χ4n) is 2.48. The molecule has 0 radical (unpaired) electrons. The molecule has 0 spiro atoms. The van der Waals surface area contributed by atoms with Gasteiger partial charge in [0, 0.05) is 32.2 Å². The van der Waals surface area contributed by atoms with Crippen LogP contribution in [0.1, 0.15) is 26.7 Å². The van der Waals surface area contributed by atoms with E-state index in [4.69, 9.17) is 4.74 Å². The number of hydrogen-bond acceptors (Lipinski definition) is 4. The Morgan fingerprint density at radius 3 is 2.61 bits per heavy atom. The lowest BCUT2D eigenvalue weighted by atomic mass is 10.0. The van der Waals surface area contributed by atoms with Crippen molar-refractivity contribution in [2.75, 3.05) is 39.3 Å². The topological polar surface area (TPSA) is 53.6 Å². The van der Waals surface area contributed by atoms with E-state index in [2.05, 4.69) is 22.5 Å². The maximum atomic E-state index is 11.8. The lowest BCUT2D eigenvalue weighted by Gasteiger charge is -2.39. The molecular formula is C13H25N3O2. The summed E-state index contributed by atoms with van der Waals surface area (Å²) in [6.45, 7) is 9.37. The van der Waals surface area contributed by atoms with Gasteiger partial charge in [-0.2, -0.15) is 0 Å². The van der Waals surface area contributed by atoms with Gasteiger partial charge in [0.15, 0.2) is 0 Å². The van der Waals surface area contributed by atoms with Crippen molar-refractivity contribution < 1.29 is 9.53 Å². The number of carbonyl (C=O) groups excluding carboxylic acids is 1. The predicted molar refractivity (Wildman–Crippen MR) is 70.5 cm³/mol. The fourth-order valence-corrected chi connectivity index (χ4v) is 2.48. The Bertz CT molecular complexity index is 284. The fraction of sp³-hybridized carbons (Fsp3) is 0.923. The van der Waals surface area contributed by atoms with Crippen molar-refractivity contribution in [3.05, 3.63) is 0 Å². The summed E-state index contributed by atoms with van der Waals surface area (Å²) in [6, 6.07) is 0.330. The highest BCUT2D eigenvalue weighted by atomic mass is 16.5. The van der Waals surface area contributed by atoms with Crippen molar-refractivity contribution >= 4 is 5.91 Å². The van der Waals surface area contributed by atoms with E-state index in [1.165, 1.54) is 0 Å². The monoisotopic (exact) mass is 255 g/mol. The molecule has 2 saturated heterocycles. The molecule has 2 fully saturated rings. The second-order valence-corrected chi connectivity index (χ2v) is 5.62. The van der Waals surface area contributed by atoms with Crippen LogP contribution in [0.5, 0.6) is 0 Å². The molecule has 0 aromatic rings. The quantitative estimate of drug-likeness (QED) is 0.724. The molecule has 5 heteroatoms. The Kier molecular flexibility index (Phi) is 4.59. The number of rotatable bonds is 5. The van der Waals surface area contributed by atoms with Crippen molar-refractivity contribution in [2.45, 2.75) is 38.3 Å². The minimum Gasteiger partial charge on any atom is -0.363 e. The average Bonchev–Trinajstić information content (AvgIpc) is 2.35. The zero-order valence-corrected chi connectivity index (χ0v) is 11.5. The molecular weight excluding hydrogens is 230 g/mol. The third-order valence-electron chi connectivity index (χ3n) is 3.95. The molecule has 2 N–H and O–H groups in total. The summed E-state index contributed by atoms with van der Waals surface area (Å²) >= 11 is 0. The van der Waals surface area contributed by atoms with Crippen molar-refractivity contribution in [2.24, 2.45) is 0 Å². The van der Waals surface area contributed by atoms with Gasteiger partial charge in [0.2, 0.25) is 5.91 Å². The van der Waals surface area contributed by atoms with E-state index in [0.29, 0.717) is 6.04 Å². The molecule has 0 aliphatic carbocycles. The van der Waals surface area contributed by atoms with Crippen LogP contribution < -0.4 is 10.6 Å². The smallest absolute Gasteiger partial charge is 0.246 e. The van der Waals surface area contributed by atoms with Crippen molar-refractivity contribution in [1.29, 1.82) is 0 Å². The summed E-state index contributed by atoms with van der Waals surface area (Å²) < 4.78 is 5.63. The summed E-state index contributed by atoms with van der Waals surface area (Å²) in [5.74, 6) is 0.0260. The van der Waals surface area contributed by atoms with Crippen molar-refractivity contribution in [1.82, 2.24) is 15.5 Å². The largest absolute Gasteiger partial charge is 0.363 e. The summed E-state index contributed by atoms with van der Waals surface area (Å²) in [6.07, 6.45) is 2.11. The van der Waals surface area contributed by atoms with Crippen LogP contribution >= 0.6 is 0 Å². The van der Waals surface area contributed by atoms with Crippen LogP contribution in [0, 0.1) is 0 Å². The van der Waals surface area contributed by atoms with Gasteiger partial charge in [0.25, 0.3) is 0 Å². The van der Waals surface area contributed by atoms with Crippen LogP contribution in [0.2, 0.25) is 0 Å². The van der Waals surface area contributed by atoms with Crippen molar-refractivity contribution in [3.63, 3.8) is 0 Å². The number of likely N-dealkylation sites (tertiary alicyclic amines) is 1. The molecule has 2 aliphatic heterocycles. The van der Waals surface area contributed by atoms with Gasteiger partial charge in [-0.15, -0.1) is 0 Å². The Labute approximate surface area is 109 Å². The molecule has 2 aliphatic rings. The first-order chi connectivity index (χ1) is 8.61. The Morgan fingerprint density at radius 2 is 2.11 bits per heavy atom. The maximum Gasteiger partial charge on any atom is 0.246 e. The summed E-state index contributed by atoms with van der Waals surface area (Å²) in [5, 5.41) is 6.23. The standard InChI is InChI=1S/C13H25N3O2/c1-3-16-6-4-11(5-7-16)15-12(17)8-18-13(2)9-14-10-13/h11,14H,3-10H2,1-2H3,(H,15,17). The SMILES string of the molecule is CCN1CCC(NC(=O)COC2(C)CNC2)CC1. The zero-order valence-electron chi connectivity index (χ0n) is 11.5. The van der Waals surface area contributed by atoms with Gasteiger partial charge in [0.05, 0.1) is 5.60 Å². The number of carbonyl (C=O) groups is 1. The third kappa shape index (κ3) is 3.67. The maximum absolute atomic E-state index is 11.8. The molecule has 2 rings (SSSR count). The number of nitrogens with one attached hydrogen (secondary N) is 2. The van der Waals surface area contributed by atoms with E-state index in [0.717, 1.165) is 45.6 Å². The van der Waals surface area contributed by atoms with Gasteiger partial charge >= 0.3 is 0 Å². The van der Waals surface area contributed by atoms with E-state index in [1.807, 2.05) is 6.92 Å². The van der Waals surface area contributed by atoms with E-state index < -0.39 is 0 Å².